The molecular weight excluding hydrogens is 258 g/mol. The number of amides is 1. The molecule has 0 aliphatic heterocycles. The summed E-state index contributed by atoms with van der Waals surface area (Å²) in [6.45, 7) is 3.00. The van der Waals surface area contributed by atoms with Crippen molar-refractivity contribution in [3.8, 4) is 0 Å². The lowest BCUT2D eigenvalue weighted by Gasteiger charge is -2.19. The van der Waals surface area contributed by atoms with Crippen LogP contribution in [0.4, 0.5) is 0 Å². The van der Waals surface area contributed by atoms with Crippen molar-refractivity contribution in [1.82, 2.24) is 4.90 Å². The molecule has 0 aromatic heterocycles. The summed E-state index contributed by atoms with van der Waals surface area (Å²) in [5.74, 6) is -0.712. The molecule has 1 amide bonds. The van der Waals surface area contributed by atoms with Gasteiger partial charge >= 0.3 is 5.97 Å². The monoisotopic (exact) mass is 279 g/mol. The molecule has 1 atom stereocenters. The number of carbonyl (C=O) groups is 2. The Morgan fingerprint density at radius 3 is 2.40 bits per heavy atom. The molecule has 0 saturated heterocycles. The van der Waals surface area contributed by atoms with Crippen molar-refractivity contribution >= 4 is 11.9 Å². The van der Waals surface area contributed by atoms with Gasteiger partial charge in [-0.25, -0.2) is 4.79 Å². The zero-order valence-corrected chi connectivity index (χ0v) is 12.1. The molecule has 1 aromatic carbocycles. The summed E-state index contributed by atoms with van der Waals surface area (Å²) in [7, 11) is 3.36. The fourth-order valence-corrected chi connectivity index (χ4v) is 1.91. The van der Waals surface area contributed by atoms with Crippen molar-refractivity contribution < 1.29 is 19.4 Å². The van der Waals surface area contributed by atoms with E-state index in [2.05, 4.69) is 0 Å². The van der Waals surface area contributed by atoms with Gasteiger partial charge < -0.3 is 14.7 Å². The summed E-state index contributed by atoms with van der Waals surface area (Å²) in [5, 5.41) is 8.82. The molecular formula is C15H21NO4. The third-order valence-electron chi connectivity index (χ3n) is 3.02. The predicted molar refractivity (Wildman–Crippen MR) is 75.5 cm³/mol. The summed E-state index contributed by atoms with van der Waals surface area (Å²) in [6, 6.07) is 6.55. The number of hydrogen-bond donors (Lipinski definition) is 1. The molecule has 0 radical (unpaired) electrons. The van der Waals surface area contributed by atoms with Crippen LogP contribution in [-0.4, -0.2) is 42.6 Å². The number of methoxy groups -OCH3 is 1. The molecule has 0 fully saturated rings. The van der Waals surface area contributed by atoms with Gasteiger partial charge in [-0.2, -0.15) is 0 Å². The SMILES string of the molecule is COCC(C)CC(=O)N(C)Cc1ccc(C(=O)O)cc1. The molecule has 0 spiro atoms. The summed E-state index contributed by atoms with van der Waals surface area (Å²) in [6.07, 6.45) is 0.442. The van der Waals surface area contributed by atoms with Gasteiger partial charge in [0.05, 0.1) is 5.56 Å². The van der Waals surface area contributed by atoms with Crippen molar-refractivity contribution in [2.45, 2.75) is 19.9 Å². The lowest BCUT2D eigenvalue weighted by Crippen LogP contribution is -2.28. The highest BCUT2D eigenvalue weighted by atomic mass is 16.5. The van der Waals surface area contributed by atoms with E-state index in [0.29, 0.717) is 19.6 Å². The first kappa shape index (κ1) is 16.2. The molecule has 20 heavy (non-hydrogen) atoms. The number of carboxylic acids is 1. The van der Waals surface area contributed by atoms with Crippen molar-refractivity contribution in [1.29, 1.82) is 0 Å². The third-order valence-corrected chi connectivity index (χ3v) is 3.02. The Kier molecular flexibility index (Phi) is 6.18. The summed E-state index contributed by atoms with van der Waals surface area (Å²) in [5.41, 5.74) is 1.15. The molecule has 1 rings (SSSR count). The van der Waals surface area contributed by atoms with E-state index in [1.807, 2.05) is 6.92 Å². The minimum atomic E-state index is -0.950. The second-order valence-corrected chi connectivity index (χ2v) is 5.02. The van der Waals surface area contributed by atoms with Crippen LogP contribution in [0.25, 0.3) is 0 Å². The number of carbonyl (C=O) groups excluding carboxylic acids is 1. The lowest BCUT2D eigenvalue weighted by atomic mass is 10.1. The molecule has 0 saturated carbocycles. The van der Waals surface area contributed by atoms with Crippen LogP contribution in [0.15, 0.2) is 24.3 Å². The van der Waals surface area contributed by atoms with Crippen molar-refractivity contribution in [3.05, 3.63) is 35.4 Å². The Morgan fingerprint density at radius 2 is 1.90 bits per heavy atom. The van der Waals surface area contributed by atoms with Crippen LogP contribution >= 0.6 is 0 Å². The first-order valence-electron chi connectivity index (χ1n) is 6.49. The summed E-state index contributed by atoms with van der Waals surface area (Å²) in [4.78, 5) is 24.4. The van der Waals surface area contributed by atoms with Crippen LogP contribution in [0.3, 0.4) is 0 Å². The topological polar surface area (TPSA) is 66.8 Å². The quantitative estimate of drug-likeness (QED) is 0.829. The second kappa shape index (κ2) is 7.65. The highest BCUT2D eigenvalue weighted by Crippen LogP contribution is 2.10. The highest BCUT2D eigenvalue weighted by molar-refractivity contribution is 5.87. The molecule has 0 aliphatic rings. The maximum Gasteiger partial charge on any atom is 0.335 e. The molecule has 5 nitrogen and oxygen atoms in total. The summed E-state index contributed by atoms with van der Waals surface area (Å²) < 4.78 is 5.01. The Labute approximate surface area is 119 Å². The van der Waals surface area contributed by atoms with Gasteiger partial charge in [-0.3, -0.25) is 4.79 Å². The molecule has 5 heteroatoms. The van der Waals surface area contributed by atoms with Crippen LogP contribution < -0.4 is 0 Å². The molecule has 0 aliphatic carbocycles. The van der Waals surface area contributed by atoms with Crippen LogP contribution in [0.1, 0.15) is 29.3 Å². The van der Waals surface area contributed by atoms with Crippen LogP contribution in [0, 0.1) is 5.92 Å². The number of nitrogens with zero attached hydrogens (tertiary/aromatic N) is 1. The normalized spacial score (nSPS) is 11.9. The molecule has 1 aromatic rings. The van der Waals surface area contributed by atoms with E-state index in [-0.39, 0.29) is 17.4 Å². The first-order valence-corrected chi connectivity index (χ1v) is 6.49. The number of benzene rings is 1. The smallest absolute Gasteiger partial charge is 0.335 e. The van der Waals surface area contributed by atoms with E-state index in [1.54, 1.807) is 43.3 Å². The summed E-state index contributed by atoms with van der Waals surface area (Å²) >= 11 is 0. The zero-order chi connectivity index (χ0) is 15.1. The molecule has 1 unspecified atom stereocenters. The Hall–Kier alpha value is -1.88. The van der Waals surface area contributed by atoms with E-state index >= 15 is 0 Å². The van der Waals surface area contributed by atoms with E-state index in [0.717, 1.165) is 5.56 Å². The Morgan fingerprint density at radius 1 is 1.30 bits per heavy atom. The van der Waals surface area contributed by atoms with Gasteiger partial charge in [0.25, 0.3) is 0 Å². The van der Waals surface area contributed by atoms with Gasteiger partial charge in [0.15, 0.2) is 0 Å². The second-order valence-electron chi connectivity index (χ2n) is 5.02. The maximum absolute atomic E-state index is 12.0. The van der Waals surface area contributed by atoms with Gasteiger partial charge in [-0.1, -0.05) is 19.1 Å². The number of carboxylic acid groups (broad SMARTS) is 1. The maximum atomic E-state index is 12.0. The van der Waals surface area contributed by atoms with E-state index in [9.17, 15) is 9.59 Å². The predicted octanol–water partition coefficient (Wildman–Crippen LogP) is 2.02. The Balaban J connectivity index is 2.54. The van der Waals surface area contributed by atoms with Gasteiger partial charge in [0.1, 0.15) is 0 Å². The minimum Gasteiger partial charge on any atom is -0.478 e. The number of ether oxygens (including phenoxy) is 1. The fraction of sp³-hybridized carbons (Fsp3) is 0.467. The Bertz CT molecular complexity index is 455. The van der Waals surface area contributed by atoms with E-state index in [4.69, 9.17) is 9.84 Å². The number of hydrogen-bond acceptors (Lipinski definition) is 3. The van der Waals surface area contributed by atoms with Crippen molar-refractivity contribution in [2.24, 2.45) is 5.92 Å². The van der Waals surface area contributed by atoms with E-state index < -0.39 is 5.97 Å². The van der Waals surface area contributed by atoms with Crippen molar-refractivity contribution in [3.63, 3.8) is 0 Å². The average molecular weight is 279 g/mol. The lowest BCUT2D eigenvalue weighted by molar-refractivity contribution is -0.131. The first-order chi connectivity index (χ1) is 9.43. The van der Waals surface area contributed by atoms with Crippen LogP contribution in [0.2, 0.25) is 0 Å². The highest BCUT2D eigenvalue weighted by Gasteiger charge is 2.13. The molecule has 110 valence electrons. The number of aromatic carboxylic acids is 1. The third kappa shape index (κ3) is 5.01. The minimum absolute atomic E-state index is 0.0526. The standard InChI is InChI=1S/C15H21NO4/c1-11(10-20-3)8-14(17)16(2)9-12-4-6-13(7-5-12)15(18)19/h4-7,11H,8-10H2,1-3H3,(H,18,19). The van der Waals surface area contributed by atoms with Gasteiger partial charge in [-0.15, -0.1) is 0 Å². The van der Waals surface area contributed by atoms with Gasteiger partial charge in [0.2, 0.25) is 5.91 Å². The molecule has 1 N–H and O–H groups in total. The average Bonchev–Trinajstić information content (AvgIpc) is 2.39. The van der Waals surface area contributed by atoms with Crippen LogP contribution in [0.5, 0.6) is 0 Å². The largest absolute Gasteiger partial charge is 0.478 e. The molecule has 0 heterocycles. The van der Waals surface area contributed by atoms with E-state index in [1.165, 1.54) is 0 Å². The van der Waals surface area contributed by atoms with Gasteiger partial charge in [-0.05, 0) is 23.6 Å². The van der Waals surface area contributed by atoms with Crippen LogP contribution in [-0.2, 0) is 16.1 Å². The van der Waals surface area contributed by atoms with Crippen molar-refractivity contribution in [2.75, 3.05) is 20.8 Å². The number of rotatable bonds is 7. The zero-order valence-electron chi connectivity index (χ0n) is 12.1. The molecule has 0 bridgehead atoms. The van der Waals surface area contributed by atoms with Gasteiger partial charge in [0, 0.05) is 33.7 Å². The fourth-order valence-electron chi connectivity index (χ4n) is 1.91.